The lowest BCUT2D eigenvalue weighted by Crippen LogP contribution is -2.05. The van der Waals surface area contributed by atoms with Gasteiger partial charge in [0.2, 0.25) is 0 Å². The molecule has 0 heterocycles. The number of benzene rings is 7. The van der Waals surface area contributed by atoms with E-state index in [0.29, 0.717) is 6.61 Å². The van der Waals surface area contributed by atoms with Crippen LogP contribution in [-0.2, 0) is 9.53 Å². The second-order valence-electron chi connectivity index (χ2n) is 13.9. The minimum absolute atomic E-state index is 0.283. The Bertz CT molecular complexity index is 2540. The molecule has 3 nitrogen and oxygen atoms in total. The summed E-state index contributed by atoms with van der Waals surface area (Å²) in [5.74, 6) is 0.438. The Kier molecular flexibility index (Phi) is 13.7. The van der Waals surface area contributed by atoms with Gasteiger partial charge in [-0.3, -0.25) is 0 Å². The van der Waals surface area contributed by atoms with Crippen LogP contribution < -0.4 is 4.74 Å². The number of hydrogen-bond acceptors (Lipinski definition) is 3. The molecule has 0 aliphatic rings. The normalized spacial score (nSPS) is 12.6. The predicted molar refractivity (Wildman–Crippen MR) is 246 cm³/mol. The van der Waals surface area contributed by atoms with Crippen LogP contribution in [0.4, 0.5) is 0 Å². The number of carbonyl (C=O) groups excluding carboxylic acids is 1. The molecule has 0 fully saturated rings. The van der Waals surface area contributed by atoms with Crippen molar-refractivity contribution in [3.63, 3.8) is 0 Å². The van der Waals surface area contributed by atoms with Crippen LogP contribution in [0.2, 0.25) is 0 Å². The Hall–Kier alpha value is -7.23. The number of ether oxygens (including phenoxy) is 2. The van der Waals surface area contributed by atoms with Gasteiger partial charge in [0.05, 0.1) is 13.2 Å². The summed E-state index contributed by atoms with van der Waals surface area (Å²) < 4.78 is 11.5. The summed E-state index contributed by atoms with van der Waals surface area (Å²) in [5, 5.41) is 0. The number of allylic oxidation sites excluding steroid dienone is 6. The monoisotopic (exact) mass is 768 g/mol. The molecule has 0 unspecified atom stereocenters. The lowest BCUT2D eigenvalue weighted by molar-refractivity contribution is -0.137. The van der Waals surface area contributed by atoms with Crippen LogP contribution in [0.5, 0.6) is 5.75 Å². The molecule has 0 spiro atoms. The summed E-state index contributed by atoms with van der Waals surface area (Å²) in [6.45, 7) is 4.88. The Morgan fingerprint density at radius 3 is 1.22 bits per heavy atom. The lowest BCUT2D eigenvalue weighted by atomic mass is 9.76. The zero-order valence-electron chi connectivity index (χ0n) is 33.6. The zero-order valence-corrected chi connectivity index (χ0v) is 33.6. The number of hydrogen-bond donors (Lipinski definition) is 0. The van der Waals surface area contributed by atoms with Gasteiger partial charge in [0.15, 0.2) is 0 Å². The third-order valence-electron chi connectivity index (χ3n) is 9.95. The molecular weight excluding hydrogens is 721 g/mol. The van der Waals surface area contributed by atoms with Crippen LogP contribution in [0.3, 0.4) is 0 Å². The van der Waals surface area contributed by atoms with Crippen molar-refractivity contribution in [1.82, 2.24) is 0 Å². The van der Waals surface area contributed by atoms with Crippen LogP contribution in [-0.4, -0.2) is 19.2 Å². The SMILES string of the molecule is CCCOc1ccc(\C(=C(/C(=C(\C(=C(\C=C\C(=O)OCC)c2ccccc2)c2ccccc2)c2ccccc2)c2ccccc2)c2ccccc2)c2ccccc2)cc1. The Balaban J connectivity index is 1.76. The van der Waals surface area contributed by atoms with Crippen molar-refractivity contribution in [2.45, 2.75) is 20.3 Å². The van der Waals surface area contributed by atoms with E-state index >= 15 is 0 Å². The largest absolute Gasteiger partial charge is 0.494 e. The Morgan fingerprint density at radius 2 is 0.780 bits per heavy atom. The van der Waals surface area contributed by atoms with Crippen LogP contribution in [0.25, 0.3) is 33.4 Å². The van der Waals surface area contributed by atoms with E-state index in [9.17, 15) is 4.79 Å². The van der Waals surface area contributed by atoms with Crippen LogP contribution in [0, 0.1) is 0 Å². The van der Waals surface area contributed by atoms with Gasteiger partial charge in [-0.2, -0.15) is 0 Å². The molecule has 0 atom stereocenters. The van der Waals surface area contributed by atoms with Crippen LogP contribution in [0.15, 0.2) is 218 Å². The van der Waals surface area contributed by atoms with Crippen molar-refractivity contribution in [3.05, 3.63) is 257 Å². The number of carbonyl (C=O) groups is 1. The first-order valence-electron chi connectivity index (χ1n) is 20.3. The molecular formula is C56H48O3. The van der Waals surface area contributed by atoms with Crippen molar-refractivity contribution >= 4 is 39.4 Å². The van der Waals surface area contributed by atoms with E-state index < -0.39 is 5.97 Å². The fraction of sp³-hybridized carbons (Fsp3) is 0.0893. The molecule has 0 aliphatic heterocycles. The average Bonchev–Trinajstić information content (AvgIpc) is 3.31. The third kappa shape index (κ3) is 9.84. The van der Waals surface area contributed by atoms with Gasteiger partial charge in [-0.1, -0.05) is 201 Å². The van der Waals surface area contributed by atoms with Gasteiger partial charge >= 0.3 is 5.97 Å². The van der Waals surface area contributed by atoms with E-state index in [1.165, 1.54) is 0 Å². The molecule has 0 N–H and O–H groups in total. The summed E-state index contributed by atoms with van der Waals surface area (Å²) >= 11 is 0. The number of esters is 1. The first-order valence-corrected chi connectivity index (χ1v) is 20.3. The first kappa shape index (κ1) is 40.0. The maximum absolute atomic E-state index is 13.2. The minimum atomic E-state index is -0.399. The van der Waals surface area contributed by atoms with Crippen molar-refractivity contribution in [1.29, 1.82) is 0 Å². The molecule has 0 bridgehead atoms. The molecule has 7 aromatic rings. The van der Waals surface area contributed by atoms with Gasteiger partial charge < -0.3 is 9.47 Å². The maximum atomic E-state index is 13.2. The first-order chi connectivity index (χ1) is 29.2. The molecule has 0 radical (unpaired) electrons. The minimum Gasteiger partial charge on any atom is -0.494 e. The molecule has 59 heavy (non-hydrogen) atoms. The predicted octanol–water partition coefficient (Wildman–Crippen LogP) is 13.8. The van der Waals surface area contributed by atoms with Gasteiger partial charge in [0.1, 0.15) is 5.75 Å². The highest BCUT2D eigenvalue weighted by molar-refractivity contribution is 6.33. The summed E-state index contributed by atoms with van der Waals surface area (Å²) in [7, 11) is 0. The zero-order chi connectivity index (χ0) is 40.7. The quantitative estimate of drug-likeness (QED) is 0.0451. The molecule has 0 saturated heterocycles. The molecule has 0 saturated carbocycles. The molecule has 290 valence electrons. The van der Waals surface area contributed by atoms with E-state index in [-0.39, 0.29) is 6.61 Å². The maximum Gasteiger partial charge on any atom is 0.330 e. The van der Waals surface area contributed by atoms with Crippen LogP contribution in [0.1, 0.15) is 59.2 Å². The Morgan fingerprint density at radius 1 is 0.407 bits per heavy atom. The average molecular weight is 769 g/mol. The standard InChI is InChI=1S/C56H48O3/c1-3-41-59-49-37-35-48(36-38-49)52(43-25-13-6-14-26-43)54(45-29-17-8-18-30-45)56(47-33-21-10-22-34-47)55(46-31-19-9-20-32-46)53(44-27-15-7-16-28-44)50(39-40-51(57)58-4-2)42-23-11-5-12-24-42/h5-40H,3-4,41H2,1-2H3/b40-39+,53-50-,54-52-,56-55-. The van der Waals surface area contributed by atoms with Crippen LogP contribution >= 0.6 is 0 Å². The fourth-order valence-corrected chi connectivity index (χ4v) is 7.38. The van der Waals surface area contributed by atoms with E-state index in [1.807, 2.05) is 37.3 Å². The number of rotatable bonds is 15. The fourth-order valence-electron chi connectivity index (χ4n) is 7.38. The summed E-state index contributed by atoms with van der Waals surface area (Å²) in [5.41, 5.74) is 13.2. The van der Waals surface area contributed by atoms with Gasteiger partial charge in [0, 0.05) is 6.08 Å². The molecule has 0 amide bonds. The van der Waals surface area contributed by atoms with Crippen molar-refractivity contribution in [2.75, 3.05) is 13.2 Å². The molecule has 7 rings (SSSR count). The van der Waals surface area contributed by atoms with E-state index in [0.717, 1.165) is 84.6 Å². The highest BCUT2D eigenvalue weighted by Crippen LogP contribution is 2.50. The van der Waals surface area contributed by atoms with Gasteiger partial charge in [0.25, 0.3) is 0 Å². The van der Waals surface area contributed by atoms with Gasteiger partial charge in [-0.25, -0.2) is 4.79 Å². The Labute approximate surface area is 349 Å². The molecule has 0 aromatic heterocycles. The van der Waals surface area contributed by atoms with Crippen molar-refractivity contribution in [3.8, 4) is 5.75 Å². The van der Waals surface area contributed by atoms with E-state index in [4.69, 9.17) is 9.47 Å². The summed E-state index contributed by atoms with van der Waals surface area (Å²) in [6, 6.07) is 71.9. The second-order valence-corrected chi connectivity index (χ2v) is 13.9. The second kappa shape index (κ2) is 20.3. The van der Waals surface area contributed by atoms with Gasteiger partial charge in [-0.15, -0.1) is 0 Å². The molecule has 3 heteroatoms. The topological polar surface area (TPSA) is 35.5 Å². The molecule has 7 aromatic carbocycles. The highest BCUT2D eigenvalue weighted by Gasteiger charge is 2.27. The smallest absolute Gasteiger partial charge is 0.330 e. The highest BCUT2D eigenvalue weighted by atomic mass is 16.5. The molecule has 0 aliphatic carbocycles. The van der Waals surface area contributed by atoms with Gasteiger partial charge in [-0.05, 0) is 104 Å². The van der Waals surface area contributed by atoms with E-state index in [2.05, 4.69) is 189 Å². The summed E-state index contributed by atoms with van der Waals surface area (Å²) in [4.78, 5) is 13.2. The lowest BCUT2D eigenvalue weighted by Gasteiger charge is -2.27. The summed E-state index contributed by atoms with van der Waals surface area (Å²) in [6.07, 6.45) is 4.39. The third-order valence-corrected chi connectivity index (χ3v) is 9.95. The van der Waals surface area contributed by atoms with Crippen molar-refractivity contribution in [2.24, 2.45) is 0 Å². The van der Waals surface area contributed by atoms with E-state index in [1.54, 1.807) is 6.08 Å². The van der Waals surface area contributed by atoms with Crippen molar-refractivity contribution < 1.29 is 14.3 Å².